The normalized spacial score (nSPS) is 43.7. The van der Waals surface area contributed by atoms with Crippen molar-refractivity contribution in [3.05, 3.63) is 0 Å². The van der Waals surface area contributed by atoms with Crippen LogP contribution in [0.4, 0.5) is 4.39 Å². The first-order valence-electron chi connectivity index (χ1n) is 6.12. The largest absolute Gasteiger partial charge is 0.247 e. The fourth-order valence-electron chi connectivity index (χ4n) is 3.24. The lowest BCUT2D eigenvalue weighted by Crippen LogP contribution is -2.19. The van der Waals surface area contributed by atoms with Crippen molar-refractivity contribution >= 4 is 0 Å². The maximum atomic E-state index is 13.0. The van der Waals surface area contributed by atoms with Gasteiger partial charge in [0.2, 0.25) is 0 Å². The van der Waals surface area contributed by atoms with Crippen LogP contribution < -0.4 is 0 Å². The molecule has 0 saturated heterocycles. The highest BCUT2D eigenvalue weighted by Crippen LogP contribution is 2.57. The van der Waals surface area contributed by atoms with Gasteiger partial charge in [0.1, 0.15) is 6.17 Å². The number of alkyl halides is 1. The van der Waals surface area contributed by atoms with Gasteiger partial charge in [0, 0.05) is 0 Å². The number of rotatable bonds is 1. The Balaban J connectivity index is 1.82. The van der Waals surface area contributed by atoms with Crippen molar-refractivity contribution in [3.8, 4) is 0 Å². The Labute approximate surface area is 87.3 Å². The van der Waals surface area contributed by atoms with E-state index in [4.69, 9.17) is 0 Å². The van der Waals surface area contributed by atoms with Gasteiger partial charge >= 0.3 is 0 Å². The predicted octanol–water partition coefficient (Wildman–Crippen LogP) is 4.20. The summed E-state index contributed by atoms with van der Waals surface area (Å²) in [6.45, 7) is 7.04. The lowest BCUT2D eigenvalue weighted by atomic mass is 9.80. The van der Waals surface area contributed by atoms with Crippen LogP contribution in [-0.4, -0.2) is 6.17 Å². The van der Waals surface area contributed by atoms with Crippen molar-refractivity contribution in [3.63, 3.8) is 0 Å². The van der Waals surface area contributed by atoms with Crippen molar-refractivity contribution in [1.29, 1.82) is 0 Å². The van der Waals surface area contributed by atoms with Crippen LogP contribution in [0.2, 0.25) is 0 Å². The summed E-state index contributed by atoms with van der Waals surface area (Å²) in [6.07, 6.45) is 4.89. The Morgan fingerprint density at radius 1 is 1.00 bits per heavy atom. The molecule has 1 heteroatoms. The first kappa shape index (κ1) is 10.4. The molecule has 0 amide bonds. The molecule has 0 heterocycles. The fourth-order valence-corrected chi connectivity index (χ4v) is 3.24. The lowest BCUT2D eigenvalue weighted by Gasteiger charge is -2.26. The molecule has 2 fully saturated rings. The first-order valence-corrected chi connectivity index (χ1v) is 6.12. The van der Waals surface area contributed by atoms with E-state index in [1.54, 1.807) is 0 Å². The number of hydrogen-bond donors (Lipinski definition) is 0. The summed E-state index contributed by atoms with van der Waals surface area (Å²) in [6, 6.07) is 0. The Hall–Kier alpha value is -0.0700. The third kappa shape index (κ3) is 2.12. The smallest absolute Gasteiger partial charge is 0.100 e. The molecule has 2 unspecified atom stereocenters. The van der Waals surface area contributed by atoms with Crippen LogP contribution in [0.5, 0.6) is 0 Å². The lowest BCUT2D eigenvalue weighted by molar-refractivity contribution is 0.180. The molecule has 0 spiro atoms. The van der Waals surface area contributed by atoms with E-state index >= 15 is 0 Å². The predicted molar refractivity (Wildman–Crippen MR) is 57.9 cm³/mol. The Morgan fingerprint density at radius 2 is 1.57 bits per heavy atom. The molecule has 2 aliphatic carbocycles. The molecular weight excluding hydrogens is 175 g/mol. The van der Waals surface area contributed by atoms with Gasteiger partial charge in [0.15, 0.2) is 0 Å². The van der Waals surface area contributed by atoms with E-state index in [9.17, 15) is 4.39 Å². The quantitative estimate of drug-likeness (QED) is 0.592. The van der Waals surface area contributed by atoms with Gasteiger partial charge in [-0.3, -0.25) is 0 Å². The van der Waals surface area contributed by atoms with Gasteiger partial charge in [0.25, 0.3) is 0 Å². The topological polar surface area (TPSA) is 0 Å². The molecule has 0 bridgehead atoms. The molecule has 0 nitrogen and oxygen atoms in total. The first-order chi connectivity index (χ1) is 6.48. The van der Waals surface area contributed by atoms with E-state index < -0.39 is 6.17 Å². The van der Waals surface area contributed by atoms with Crippen molar-refractivity contribution in [2.45, 2.75) is 59.0 Å². The van der Waals surface area contributed by atoms with Crippen molar-refractivity contribution in [2.75, 3.05) is 0 Å². The van der Waals surface area contributed by atoms with Gasteiger partial charge in [-0.15, -0.1) is 0 Å². The molecular formula is C13H23F. The summed E-state index contributed by atoms with van der Waals surface area (Å²) in [5, 5.41) is 0. The molecule has 82 valence electrons. The number of halogens is 1. The molecule has 0 aliphatic heterocycles. The van der Waals surface area contributed by atoms with Crippen LogP contribution in [0, 0.1) is 23.2 Å². The Bertz CT molecular complexity index is 196. The molecule has 14 heavy (non-hydrogen) atoms. The highest BCUT2D eigenvalue weighted by Gasteiger charge is 2.49. The van der Waals surface area contributed by atoms with Crippen molar-refractivity contribution in [1.82, 2.24) is 0 Å². The zero-order valence-corrected chi connectivity index (χ0v) is 9.72. The number of hydrogen-bond acceptors (Lipinski definition) is 0. The highest BCUT2D eigenvalue weighted by molar-refractivity contribution is 4.98. The maximum Gasteiger partial charge on any atom is 0.100 e. The summed E-state index contributed by atoms with van der Waals surface area (Å²) in [5.41, 5.74) is 0.483. The minimum absolute atomic E-state index is 0.483. The molecule has 0 radical (unpaired) electrons. The molecule has 2 atom stereocenters. The monoisotopic (exact) mass is 198 g/mol. The maximum absolute atomic E-state index is 13.0. The summed E-state index contributed by atoms with van der Waals surface area (Å²) in [5.74, 6) is 2.71. The standard InChI is InChI=1S/C13H23F/c1-13(2,3)12-8-11(12)9-4-6-10(14)7-5-9/h9-12H,4-8H2,1-3H3. The van der Waals surface area contributed by atoms with Crippen LogP contribution in [0.25, 0.3) is 0 Å². The third-order valence-corrected chi connectivity index (χ3v) is 4.26. The Kier molecular flexibility index (Phi) is 2.61. The van der Waals surface area contributed by atoms with E-state index in [-0.39, 0.29) is 0 Å². The van der Waals surface area contributed by atoms with Crippen LogP contribution in [-0.2, 0) is 0 Å². The van der Waals surface area contributed by atoms with Gasteiger partial charge in [-0.1, -0.05) is 20.8 Å². The van der Waals surface area contributed by atoms with Crippen molar-refractivity contribution in [2.24, 2.45) is 23.2 Å². The Morgan fingerprint density at radius 3 is 2.00 bits per heavy atom. The second kappa shape index (κ2) is 3.50. The third-order valence-electron chi connectivity index (χ3n) is 4.26. The minimum atomic E-state index is -0.488. The molecule has 0 aromatic carbocycles. The van der Waals surface area contributed by atoms with E-state index in [0.717, 1.165) is 43.4 Å². The summed E-state index contributed by atoms with van der Waals surface area (Å²) < 4.78 is 13.0. The van der Waals surface area contributed by atoms with Crippen molar-refractivity contribution < 1.29 is 4.39 Å². The van der Waals surface area contributed by atoms with Gasteiger partial charge in [-0.05, 0) is 55.3 Å². The zero-order chi connectivity index (χ0) is 10.3. The van der Waals surface area contributed by atoms with Gasteiger partial charge in [0.05, 0.1) is 0 Å². The fraction of sp³-hybridized carbons (Fsp3) is 1.00. The van der Waals surface area contributed by atoms with E-state index in [1.165, 1.54) is 6.42 Å². The molecule has 0 aromatic heterocycles. The SMILES string of the molecule is CC(C)(C)C1CC1C1CCC(F)CC1. The molecule has 2 aliphatic rings. The van der Waals surface area contributed by atoms with Crippen LogP contribution in [0.15, 0.2) is 0 Å². The van der Waals surface area contributed by atoms with E-state index in [2.05, 4.69) is 20.8 Å². The van der Waals surface area contributed by atoms with Gasteiger partial charge in [-0.25, -0.2) is 4.39 Å². The molecule has 2 rings (SSSR count). The summed E-state index contributed by atoms with van der Waals surface area (Å²) in [4.78, 5) is 0. The summed E-state index contributed by atoms with van der Waals surface area (Å²) in [7, 11) is 0. The van der Waals surface area contributed by atoms with Crippen LogP contribution in [0.3, 0.4) is 0 Å². The van der Waals surface area contributed by atoms with Crippen LogP contribution in [0.1, 0.15) is 52.9 Å². The second-order valence-corrected chi connectivity index (χ2v) is 6.38. The highest BCUT2D eigenvalue weighted by atomic mass is 19.1. The average molecular weight is 198 g/mol. The van der Waals surface area contributed by atoms with E-state index in [1.807, 2.05) is 0 Å². The molecule has 0 aromatic rings. The van der Waals surface area contributed by atoms with Gasteiger partial charge < -0.3 is 0 Å². The van der Waals surface area contributed by atoms with Gasteiger partial charge in [-0.2, -0.15) is 0 Å². The zero-order valence-electron chi connectivity index (χ0n) is 9.72. The second-order valence-electron chi connectivity index (χ2n) is 6.38. The molecule has 2 saturated carbocycles. The molecule has 0 N–H and O–H groups in total. The summed E-state index contributed by atoms with van der Waals surface area (Å²) >= 11 is 0. The van der Waals surface area contributed by atoms with E-state index in [0.29, 0.717) is 5.41 Å². The van der Waals surface area contributed by atoms with Crippen LogP contribution >= 0.6 is 0 Å². The average Bonchev–Trinajstić information content (AvgIpc) is 2.83. The minimum Gasteiger partial charge on any atom is -0.247 e.